The first-order chi connectivity index (χ1) is 9.67. The van der Waals surface area contributed by atoms with Gasteiger partial charge in [-0.3, -0.25) is 16.3 Å². The molecule has 1 heterocycles. The highest BCUT2D eigenvalue weighted by Gasteiger charge is 2.19. The Bertz CT molecular complexity index is 572. The number of benzene rings is 1. The van der Waals surface area contributed by atoms with Gasteiger partial charge < -0.3 is 4.74 Å². The first kappa shape index (κ1) is 15.1. The summed E-state index contributed by atoms with van der Waals surface area (Å²) in [4.78, 5) is 4.32. The maximum atomic E-state index is 6.19. The van der Waals surface area contributed by atoms with Crippen molar-refractivity contribution < 1.29 is 4.74 Å². The fourth-order valence-corrected chi connectivity index (χ4v) is 2.55. The minimum absolute atomic E-state index is 0.247. The molecule has 0 aliphatic rings. The van der Waals surface area contributed by atoms with Gasteiger partial charge in [0.15, 0.2) is 0 Å². The van der Waals surface area contributed by atoms with Crippen LogP contribution in [-0.2, 0) is 6.42 Å². The second kappa shape index (κ2) is 6.90. The van der Waals surface area contributed by atoms with Gasteiger partial charge in [0.25, 0.3) is 0 Å². The summed E-state index contributed by atoms with van der Waals surface area (Å²) in [6.45, 7) is 0. The number of rotatable bonds is 5. The number of halogens is 2. The molecule has 1 aromatic carbocycles. The van der Waals surface area contributed by atoms with Crippen molar-refractivity contribution in [2.75, 3.05) is 7.11 Å². The first-order valence-electron chi connectivity index (χ1n) is 6.05. The molecule has 0 amide bonds. The topological polar surface area (TPSA) is 60.2 Å². The molecule has 3 N–H and O–H groups in total. The molecule has 0 radical (unpaired) electrons. The standard InChI is InChI=1S/C14H15Cl2N3O/c1-20-13-6-3-7-18-14(13)12(19-17)8-9-10(15)4-2-5-11(9)16/h2-7,12,19H,8,17H2,1H3. The molecule has 0 aliphatic heterocycles. The van der Waals surface area contributed by atoms with Gasteiger partial charge in [0, 0.05) is 16.2 Å². The quantitative estimate of drug-likeness (QED) is 0.658. The Kier molecular flexibility index (Phi) is 5.20. The van der Waals surface area contributed by atoms with Crippen molar-refractivity contribution >= 4 is 23.2 Å². The zero-order valence-electron chi connectivity index (χ0n) is 10.9. The zero-order chi connectivity index (χ0) is 14.5. The van der Waals surface area contributed by atoms with Gasteiger partial charge in [-0.05, 0) is 36.2 Å². The van der Waals surface area contributed by atoms with Crippen LogP contribution in [0.3, 0.4) is 0 Å². The molecule has 106 valence electrons. The predicted molar refractivity (Wildman–Crippen MR) is 81.0 cm³/mol. The Hall–Kier alpha value is -1.33. The van der Waals surface area contributed by atoms with Crippen molar-refractivity contribution in [3.63, 3.8) is 0 Å². The van der Waals surface area contributed by atoms with E-state index in [1.165, 1.54) is 0 Å². The van der Waals surface area contributed by atoms with Gasteiger partial charge in [0.2, 0.25) is 0 Å². The highest BCUT2D eigenvalue weighted by molar-refractivity contribution is 6.36. The number of nitrogens with one attached hydrogen (secondary N) is 1. The van der Waals surface area contributed by atoms with Crippen LogP contribution < -0.4 is 16.0 Å². The number of nitrogens with two attached hydrogens (primary N) is 1. The van der Waals surface area contributed by atoms with E-state index in [1.807, 2.05) is 6.07 Å². The van der Waals surface area contributed by atoms with Gasteiger partial charge in [0.05, 0.1) is 13.2 Å². The molecular formula is C14H15Cl2N3O. The van der Waals surface area contributed by atoms with Crippen LogP contribution in [0.4, 0.5) is 0 Å². The van der Waals surface area contributed by atoms with E-state index < -0.39 is 0 Å². The van der Waals surface area contributed by atoms with Gasteiger partial charge in [-0.1, -0.05) is 29.3 Å². The Morgan fingerprint density at radius 1 is 1.25 bits per heavy atom. The summed E-state index contributed by atoms with van der Waals surface area (Å²) in [5, 5.41) is 1.21. The van der Waals surface area contributed by atoms with Gasteiger partial charge >= 0.3 is 0 Å². The van der Waals surface area contributed by atoms with E-state index in [1.54, 1.807) is 37.6 Å². The fraction of sp³-hybridized carbons (Fsp3) is 0.214. The van der Waals surface area contributed by atoms with Crippen molar-refractivity contribution in [2.24, 2.45) is 5.84 Å². The van der Waals surface area contributed by atoms with E-state index in [4.69, 9.17) is 33.8 Å². The van der Waals surface area contributed by atoms with Gasteiger partial charge in [-0.2, -0.15) is 0 Å². The van der Waals surface area contributed by atoms with E-state index in [-0.39, 0.29) is 6.04 Å². The third kappa shape index (κ3) is 3.22. The molecule has 0 saturated heterocycles. The molecule has 2 aromatic rings. The lowest BCUT2D eigenvalue weighted by molar-refractivity contribution is 0.394. The summed E-state index contributed by atoms with van der Waals surface area (Å²) >= 11 is 12.4. The molecule has 0 fully saturated rings. The molecule has 6 heteroatoms. The summed E-state index contributed by atoms with van der Waals surface area (Å²) < 4.78 is 5.30. The fourth-order valence-electron chi connectivity index (χ4n) is 2.00. The maximum absolute atomic E-state index is 6.19. The maximum Gasteiger partial charge on any atom is 0.142 e. The molecule has 1 atom stereocenters. The minimum atomic E-state index is -0.247. The highest BCUT2D eigenvalue weighted by atomic mass is 35.5. The highest BCUT2D eigenvalue weighted by Crippen LogP contribution is 2.31. The molecule has 0 aliphatic carbocycles. The molecular weight excluding hydrogens is 297 g/mol. The summed E-state index contributed by atoms with van der Waals surface area (Å²) in [6.07, 6.45) is 2.21. The van der Waals surface area contributed by atoms with Crippen LogP contribution in [0.2, 0.25) is 10.0 Å². The van der Waals surface area contributed by atoms with Gasteiger partial charge in [-0.25, -0.2) is 0 Å². The average Bonchev–Trinajstić information content (AvgIpc) is 2.47. The third-order valence-corrected chi connectivity index (χ3v) is 3.73. The molecule has 1 aromatic heterocycles. The lowest BCUT2D eigenvalue weighted by atomic mass is 10.0. The average molecular weight is 312 g/mol. The van der Waals surface area contributed by atoms with Crippen LogP contribution in [-0.4, -0.2) is 12.1 Å². The molecule has 1 unspecified atom stereocenters. The van der Waals surface area contributed by atoms with E-state index in [0.717, 1.165) is 5.56 Å². The van der Waals surface area contributed by atoms with E-state index in [0.29, 0.717) is 27.9 Å². The van der Waals surface area contributed by atoms with E-state index >= 15 is 0 Å². The third-order valence-electron chi connectivity index (χ3n) is 3.02. The zero-order valence-corrected chi connectivity index (χ0v) is 12.4. The number of nitrogens with zero attached hydrogens (tertiary/aromatic N) is 1. The van der Waals surface area contributed by atoms with Crippen molar-refractivity contribution in [3.05, 3.63) is 57.8 Å². The summed E-state index contributed by atoms with van der Waals surface area (Å²) in [5.74, 6) is 6.31. The summed E-state index contributed by atoms with van der Waals surface area (Å²) in [7, 11) is 1.59. The molecule has 4 nitrogen and oxygen atoms in total. The molecule has 0 saturated carbocycles. The monoisotopic (exact) mass is 311 g/mol. The predicted octanol–water partition coefficient (Wildman–Crippen LogP) is 3.14. The number of hydrazine groups is 1. The van der Waals surface area contributed by atoms with Crippen LogP contribution >= 0.6 is 23.2 Å². The SMILES string of the molecule is COc1cccnc1C(Cc1c(Cl)cccc1Cl)NN. The molecule has 0 spiro atoms. The van der Waals surface area contributed by atoms with Crippen LogP contribution in [0.15, 0.2) is 36.5 Å². The largest absolute Gasteiger partial charge is 0.495 e. The summed E-state index contributed by atoms with van der Waals surface area (Å²) in [6, 6.07) is 8.79. The second-order valence-corrected chi connectivity index (χ2v) is 5.03. The van der Waals surface area contributed by atoms with Crippen molar-refractivity contribution in [2.45, 2.75) is 12.5 Å². The Morgan fingerprint density at radius 3 is 2.55 bits per heavy atom. The normalized spacial score (nSPS) is 12.2. The van der Waals surface area contributed by atoms with E-state index in [2.05, 4.69) is 10.4 Å². The smallest absolute Gasteiger partial charge is 0.142 e. The van der Waals surface area contributed by atoms with Crippen molar-refractivity contribution in [1.29, 1.82) is 0 Å². The second-order valence-electron chi connectivity index (χ2n) is 4.21. The summed E-state index contributed by atoms with van der Waals surface area (Å²) in [5.41, 5.74) is 4.28. The Labute approximate surface area is 127 Å². The van der Waals surface area contributed by atoms with Crippen LogP contribution in [0.5, 0.6) is 5.75 Å². The number of pyridine rings is 1. The number of hydrogen-bond donors (Lipinski definition) is 2. The minimum Gasteiger partial charge on any atom is -0.495 e. The van der Waals surface area contributed by atoms with Crippen molar-refractivity contribution in [3.8, 4) is 5.75 Å². The number of ether oxygens (including phenoxy) is 1. The van der Waals surface area contributed by atoms with E-state index in [9.17, 15) is 0 Å². The van der Waals surface area contributed by atoms with Gasteiger partial charge in [0.1, 0.15) is 11.4 Å². The molecule has 0 bridgehead atoms. The molecule has 20 heavy (non-hydrogen) atoms. The van der Waals surface area contributed by atoms with Gasteiger partial charge in [-0.15, -0.1) is 0 Å². The van der Waals surface area contributed by atoms with Crippen molar-refractivity contribution in [1.82, 2.24) is 10.4 Å². The van der Waals surface area contributed by atoms with Crippen LogP contribution in [0.25, 0.3) is 0 Å². The Morgan fingerprint density at radius 2 is 1.95 bits per heavy atom. The number of aromatic nitrogens is 1. The first-order valence-corrected chi connectivity index (χ1v) is 6.81. The molecule has 2 rings (SSSR count). The lowest BCUT2D eigenvalue weighted by Gasteiger charge is -2.19. The van der Waals surface area contributed by atoms with Crippen LogP contribution in [0.1, 0.15) is 17.3 Å². The lowest BCUT2D eigenvalue weighted by Crippen LogP contribution is -2.30. The number of hydrogen-bond acceptors (Lipinski definition) is 4. The van der Waals surface area contributed by atoms with Crippen LogP contribution in [0, 0.1) is 0 Å². The Balaban J connectivity index is 2.34. The number of methoxy groups -OCH3 is 1.